The van der Waals surface area contributed by atoms with E-state index in [0.29, 0.717) is 10.6 Å². The molecule has 4 nitrogen and oxygen atoms in total. The molecule has 5 heteroatoms. The van der Waals surface area contributed by atoms with Gasteiger partial charge in [0.25, 0.3) is 0 Å². The molecular weight excluding hydrogens is 286 g/mol. The van der Waals surface area contributed by atoms with Crippen molar-refractivity contribution in [1.29, 1.82) is 0 Å². The zero-order chi connectivity index (χ0) is 15.2. The molecule has 21 heavy (non-hydrogen) atoms. The molecule has 1 saturated heterocycles. The van der Waals surface area contributed by atoms with Crippen LogP contribution in [0.2, 0.25) is 5.02 Å². The Bertz CT molecular complexity index is 484. The number of carbonyl (C=O) groups excluding carboxylic acids is 1. The van der Waals surface area contributed by atoms with E-state index in [1.165, 1.54) is 19.3 Å². The van der Waals surface area contributed by atoms with Gasteiger partial charge in [0.1, 0.15) is 0 Å². The summed E-state index contributed by atoms with van der Waals surface area (Å²) in [5.41, 5.74) is 6.79. The summed E-state index contributed by atoms with van der Waals surface area (Å²) >= 11 is 6.25. The summed E-state index contributed by atoms with van der Waals surface area (Å²) in [6.45, 7) is 4.17. The lowest BCUT2D eigenvalue weighted by molar-refractivity contribution is 0.1000. The molecule has 0 aliphatic carbocycles. The first-order chi connectivity index (χ1) is 10.1. The monoisotopic (exact) mass is 309 g/mol. The van der Waals surface area contributed by atoms with E-state index in [0.717, 1.165) is 37.7 Å². The van der Waals surface area contributed by atoms with Crippen LogP contribution >= 0.6 is 11.6 Å². The summed E-state index contributed by atoms with van der Waals surface area (Å²) in [5.74, 6) is 0.398. The smallest absolute Gasteiger partial charge is 0.248 e. The third-order valence-electron chi connectivity index (χ3n) is 4.24. The molecule has 0 aromatic heterocycles. The van der Waals surface area contributed by atoms with E-state index in [4.69, 9.17) is 17.3 Å². The normalized spacial score (nSPS) is 17.0. The number of rotatable bonds is 6. The molecular formula is C16H24ClN3O. The van der Waals surface area contributed by atoms with Crippen LogP contribution in [0.3, 0.4) is 0 Å². The average molecular weight is 310 g/mol. The number of nitrogens with two attached hydrogens (primary N) is 1. The third kappa shape index (κ3) is 4.70. The molecule has 1 aromatic rings. The zero-order valence-electron chi connectivity index (χ0n) is 12.6. The lowest BCUT2D eigenvalue weighted by Gasteiger charge is -2.32. The molecule has 0 bridgehead atoms. The molecule has 0 unspecified atom stereocenters. The lowest BCUT2D eigenvalue weighted by atomic mass is 9.93. The maximum absolute atomic E-state index is 11.1. The van der Waals surface area contributed by atoms with Crippen molar-refractivity contribution in [2.45, 2.75) is 25.8 Å². The minimum Gasteiger partial charge on any atom is -0.366 e. The summed E-state index contributed by atoms with van der Waals surface area (Å²) in [6.07, 6.45) is 3.76. The molecule has 1 aliphatic rings. The number of hydrogen-bond donors (Lipinski definition) is 2. The van der Waals surface area contributed by atoms with Crippen molar-refractivity contribution in [2.24, 2.45) is 11.7 Å². The summed E-state index contributed by atoms with van der Waals surface area (Å²) in [5, 5.41) is 3.85. The number of piperidine rings is 1. The van der Waals surface area contributed by atoms with Gasteiger partial charge in [-0.15, -0.1) is 0 Å². The van der Waals surface area contributed by atoms with E-state index in [2.05, 4.69) is 10.2 Å². The highest BCUT2D eigenvalue weighted by Crippen LogP contribution is 2.24. The van der Waals surface area contributed by atoms with Gasteiger partial charge in [-0.25, -0.2) is 0 Å². The molecule has 0 spiro atoms. The van der Waals surface area contributed by atoms with Gasteiger partial charge >= 0.3 is 0 Å². The van der Waals surface area contributed by atoms with Crippen molar-refractivity contribution in [3.8, 4) is 0 Å². The average Bonchev–Trinajstić information content (AvgIpc) is 2.48. The second-order valence-electron chi connectivity index (χ2n) is 5.78. The van der Waals surface area contributed by atoms with Gasteiger partial charge in [0.2, 0.25) is 5.91 Å². The first kappa shape index (κ1) is 16.3. The Morgan fingerprint density at radius 2 is 2.14 bits per heavy atom. The second kappa shape index (κ2) is 7.78. The van der Waals surface area contributed by atoms with E-state index >= 15 is 0 Å². The van der Waals surface area contributed by atoms with Crippen LogP contribution in [-0.4, -0.2) is 37.5 Å². The highest BCUT2D eigenvalue weighted by molar-refractivity contribution is 6.31. The second-order valence-corrected chi connectivity index (χ2v) is 6.19. The van der Waals surface area contributed by atoms with E-state index < -0.39 is 5.91 Å². The summed E-state index contributed by atoms with van der Waals surface area (Å²) in [4.78, 5) is 13.6. The van der Waals surface area contributed by atoms with Gasteiger partial charge in [0.15, 0.2) is 0 Å². The molecule has 1 fully saturated rings. The molecule has 3 N–H and O–H groups in total. The summed E-state index contributed by atoms with van der Waals surface area (Å²) < 4.78 is 0. The minimum atomic E-state index is -0.436. The van der Waals surface area contributed by atoms with Gasteiger partial charge in [-0.1, -0.05) is 17.7 Å². The number of primary amides is 1. The van der Waals surface area contributed by atoms with Crippen molar-refractivity contribution < 1.29 is 4.79 Å². The SMILES string of the molecule is CNCCC1CCN(Cc2ccc(C(N)=O)cc2Cl)CC1. The fourth-order valence-corrected chi connectivity index (χ4v) is 3.09. The number of carbonyl (C=O) groups is 1. The summed E-state index contributed by atoms with van der Waals surface area (Å²) in [7, 11) is 2.01. The van der Waals surface area contributed by atoms with Gasteiger partial charge in [-0.05, 0) is 69.6 Å². The zero-order valence-corrected chi connectivity index (χ0v) is 13.3. The van der Waals surface area contributed by atoms with Crippen LogP contribution in [0, 0.1) is 5.92 Å². The highest BCUT2D eigenvalue weighted by Gasteiger charge is 2.19. The minimum absolute atomic E-state index is 0.436. The molecule has 1 amide bonds. The summed E-state index contributed by atoms with van der Waals surface area (Å²) in [6, 6.07) is 5.33. The number of hydrogen-bond acceptors (Lipinski definition) is 3. The van der Waals surface area contributed by atoms with Crippen LogP contribution in [0.15, 0.2) is 18.2 Å². The third-order valence-corrected chi connectivity index (χ3v) is 4.59. The Labute approximate surface area is 131 Å². The molecule has 2 rings (SSSR count). The Kier molecular flexibility index (Phi) is 6.03. The quantitative estimate of drug-likeness (QED) is 0.847. The Hall–Kier alpha value is -1.10. The van der Waals surface area contributed by atoms with E-state index in [1.807, 2.05) is 13.1 Å². The lowest BCUT2D eigenvalue weighted by Crippen LogP contribution is -2.34. The van der Waals surface area contributed by atoms with E-state index in [-0.39, 0.29) is 0 Å². The van der Waals surface area contributed by atoms with Crippen LogP contribution in [0.25, 0.3) is 0 Å². The highest BCUT2D eigenvalue weighted by atomic mass is 35.5. The number of likely N-dealkylation sites (tertiary alicyclic amines) is 1. The van der Waals surface area contributed by atoms with Crippen LogP contribution in [0.5, 0.6) is 0 Å². The van der Waals surface area contributed by atoms with Gasteiger partial charge in [0.05, 0.1) is 0 Å². The largest absolute Gasteiger partial charge is 0.366 e. The molecule has 116 valence electrons. The van der Waals surface area contributed by atoms with Crippen molar-refractivity contribution in [3.63, 3.8) is 0 Å². The van der Waals surface area contributed by atoms with Crippen LogP contribution < -0.4 is 11.1 Å². The molecule has 1 aromatic carbocycles. The number of nitrogens with one attached hydrogen (secondary N) is 1. The van der Waals surface area contributed by atoms with Gasteiger partial charge in [-0.2, -0.15) is 0 Å². The molecule has 0 radical (unpaired) electrons. The topological polar surface area (TPSA) is 58.4 Å². The van der Waals surface area contributed by atoms with E-state index in [1.54, 1.807) is 12.1 Å². The number of benzene rings is 1. The number of amides is 1. The molecule has 1 aliphatic heterocycles. The first-order valence-electron chi connectivity index (χ1n) is 7.55. The number of halogens is 1. The van der Waals surface area contributed by atoms with Gasteiger partial charge < -0.3 is 11.1 Å². The molecule has 1 heterocycles. The Morgan fingerprint density at radius 3 is 2.71 bits per heavy atom. The predicted octanol–water partition coefficient (Wildman–Crippen LogP) is 2.26. The Balaban J connectivity index is 1.87. The van der Waals surface area contributed by atoms with E-state index in [9.17, 15) is 4.79 Å². The van der Waals surface area contributed by atoms with Crippen molar-refractivity contribution >= 4 is 17.5 Å². The maximum Gasteiger partial charge on any atom is 0.248 e. The maximum atomic E-state index is 11.1. The fraction of sp³-hybridized carbons (Fsp3) is 0.562. The Morgan fingerprint density at radius 1 is 1.43 bits per heavy atom. The predicted molar refractivity (Wildman–Crippen MR) is 86.5 cm³/mol. The molecule has 0 saturated carbocycles. The number of nitrogens with zero attached hydrogens (tertiary/aromatic N) is 1. The van der Waals surface area contributed by atoms with Crippen molar-refractivity contribution in [1.82, 2.24) is 10.2 Å². The standard InChI is InChI=1S/C16H24ClN3O/c1-19-7-4-12-5-8-20(9-6-12)11-14-3-2-13(16(18)21)10-15(14)17/h2-3,10,12,19H,4-9,11H2,1H3,(H2,18,21). The van der Waals surface area contributed by atoms with Crippen molar-refractivity contribution in [2.75, 3.05) is 26.7 Å². The van der Waals surface area contributed by atoms with Gasteiger partial charge in [0, 0.05) is 17.1 Å². The molecule has 0 atom stereocenters. The van der Waals surface area contributed by atoms with Crippen molar-refractivity contribution in [3.05, 3.63) is 34.3 Å². The van der Waals surface area contributed by atoms with Crippen LogP contribution in [0.1, 0.15) is 35.2 Å². The van der Waals surface area contributed by atoms with Crippen LogP contribution in [0.4, 0.5) is 0 Å². The first-order valence-corrected chi connectivity index (χ1v) is 7.93. The fourth-order valence-electron chi connectivity index (χ4n) is 2.85. The van der Waals surface area contributed by atoms with Gasteiger partial charge in [-0.3, -0.25) is 9.69 Å². The van der Waals surface area contributed by atoms with Crippen LogP contribution in [-0.2, 0) is 6.54 Å².